The number of benzene rings is 1. The second kappa shape index (κ2) is 7.31. The molecule has 1 amide bonds. The third-order valence-corrected chi connectivity index (χ3v) is 8.65. The number of carbonyl (C=O) groups is 1. The summed E-state index contributed by atoms with van der Waals surface area (Å²) in [6.45, 7) is 0. The molecule has 0 bridgehead atoms. The zero-order valence-electron chi connectivity index (χ0n) is 16.3. The molecule has 0 unspecified atom stereocenters. The van der Waals surface area contributed by atoms with E-state index in [0.29, 0.717) is 29.2 Å². The van der Waals surface area contributed by atoms with Crippen LogP contribution in [0.25, 0.3) is 10.9 Å². The van der Waals surface area contributed by atoms with Gasteiger partial charge in [-0.25, -0.2) is 13.4 Å². The molecule has 0 radical (unpaired) electrons. The minimum Gasteiger partial charge on any atom is -0.341 e. The number of pyridine rings is 1. The first-order valence-electron chi connectivity index (χ1n) is 10.1. The first kappa shape index (κ1) is 19.4. The fraction of sp³-hybridized carbons (Fsp3) is 0.381. The normalized spacial score (nSPS) is 18.4. The highest BCUT2D eigenvalue weighted by atomic mass is 32.2. The number of aromatic nitrogens is 2. The Bertz CT molecular complexity index is 1210. The van der Waals surface area contributed by atoms with Gasteiger partial charge < -0.3 is 5.32 Å². The molecule has 5 rings (SSSR count). The number of carbonyl (C=O) groups excluding carboxylic acids is 1. The van der Waals surface area contributed by atoms with Gasteiger partial charge in [0.05, 0.1) is 22.0 Å². The summed E-state index contributed by atoms with van der Waals surface area (Å²) in [6.07, 6.45) is 6.61. The molecule has 2 N–H and O–H groups in total. The second-order valence-electron chi connectivity index (χ2n) is 8.04. The first-order valence-corrected chi connectivity index (χ1v) is 12.5. The molecule has 1 aromatic carbocycles. The van der Waals surface area contributed by atoms with Gasteiger partial charge in [-0.2, -0.15) is 0 Å². The molecule has 2 heterocycles. The SMILES string of the molecule is O=C(NC1(c2csc(NS(=O)(=O)C3CCCC3)n2)CC1)c1ccc2ncccc2c1. The van der Waals surface area contributed by atoms with Gasteiger partial charge in [-0.05, 0) is 49.9 Å². The van der Waals surface area contributed by atoms with E-state index in [2.05, 4.69) is 20.0 Å². The summed E-state index contributed by atoms with van der Waals surface area (Å²) in [4.78, 5) is 21.6. The predicted molar refractivity (Wildman–Crippen MR) is 117 cm³/mol. The van der Waals surface area contributed by atoms with Gasteiger partial charge in [-0.3, -0.25) is 14.5 Å². The molecular weight excluding hydrogens is 420 g/mol. The summed E-state index contributed by atoms with van der Waals surface area (Å²) in [6, 6.07) is 9.20. The summed E-state index contributed by atoms with van der Waals surface area (Å²) in [5.74, 6) is -0.167. The number of rotatable bonds is 6. The quantitative estimate of drug-likeness (QED) is 0.605. The summed E-state index contributed by atoms with van der Waals surface area (Å²) in [5, 5.41) is 5.89. The highest BCUT2D eigenvalue weighted by Gasteiger charge is 2.48. The Morgan fingerprint density at radius 1 is 1.17 bits per heavy atom. The van der Waals surface area contributed by atoms with Crippen molar-refractivity contribution in [1.29, 1.82) is 0 Å². The number of sulfonamides is 1. The lowest BCUT2D eigenvalue weighted by atomic mass is 10.1. The number of hydrogen-bond acceptors (Lipinski definition) is 6. The highest BCUT2D eigenvalue weighted by molar-refractivity contribution is 7.93. The van der Waals surface area contributed by atoms with Crippen molar-refractivity contribution in [3.8, 4) is 0 Å². The van der Waals surface area contributed by atoms with E-state index in [1.54, 1.807) is 12.3 Å². The van der Waals surface area contributed by atoms with E-state index < -0.39 is 15.6 Å². The second-order valence-corrected chi connectivity index (χ2v) is 10.9. The molecule has 2 fully saturated rings. The van der Waals surface area contributed by atoms with Crippen LogP contribution in [0.2, 0.25) is 0 Å². The topological polar surface area (TPSA) is 101 Å². The molecule has 7 nitrogen and oxygen atoms in total. The Hall–Kier alpha value is -2.52. The summed E-state index contributed by atoms with van der Waals surface area (Å²) >= 11 is 1.27. The van der Waals surface area contributed by atoms with Crippen LogP contribution in [0.1, 0.15) is 54.6 Å². The smallest absolute Gasteiger partial charge is 0.252 e. The average molecular weight is 443 g/mol. The van der Waals surface area contributed by atoms with Gasteiger partial charge in [0.25, 0.3) is 5.91 Å². The van der Waals surface area contributed by atoms with Crippen molar-refractivity contribution in [3.63, 3.8) is 0 Å². The molecule has 0 aliphatic heterocycles. The van der Waals surface area contributed by atoms with Crippen LogP contribution in [0.5, 0.6) is 0 Å². The van der Waals surface area contributed by atoms with E-state index in [-0.39, 0.29) is 11.2 Å². The van der Waals surface area contributed by atoms with Crippen LogP contribution in [0.15, 0.2) is 41.9 Å². The van der Waals surface area contributed by atoms with Crippen molar-refractivity contribution in [2.45, 2.75) is 49.3 Å². The van der Waals surface area contributed by atoms with Crippen LogP contribution in [-0.4, -0.2) is 29.5 Å². The van der Waals surface area contributed by atoms with E-state index in [9.17, 15) is 13.2 Å². The number of nitrogens with zero attached hydrogens (tertiary/aromatic N) is 2. The monoisotopic (exact) mass is 442 g/mol. The third-order valence-electron chi connectivity index (χ3n) is 5.93. The van der Waals surface area contributed by atoms with Crippen LogP contribution in [-0.2, 0) is 15.6 Å². The molecule has 9 heteroatoms. The van der Waals surface area contributed by atoms with E-state index in [0.717, 1.165) is 36.6 Å². The molecule has 0 spiro atoms. The molecule has 2 saturated carbocycles. The summed E-state index contributed by atoms with van der Waals surface area (Å²) < 4.78 is 27.7. The molecule has 2 aromatic heterocycles. The van der Waals surface area contributed by atoms with Crippen LogP contribution in [0, 0.1) is 0 Å². The Kier molecular flexibility index (Phi) is 4.74. The van der Waals surface area contributed by atoms with Gasteiger partial charge in [0.2, 0.25) is 10.0 Å². The number of amides is 1. The maximum atomic E-state index is 12.9. The van der Waals surface area contributed by atoms with Crippen LogP contribution in [0.3, 0.4) is 0 Å². The van der Waals surface area contributed by atoms with E-state index in [4.69, 9.17) is 0 Å². The first-order chi connectivity index (χ1) is 14.5. The van der Waals surface area contributed by atoms with E-state index in [1.807, 2.05) is 29.6 Å². The van der Waals surface area contributed by atoms with Gasteiger partial charge in [0.1, 0.15) is 0 Å². The molecule has 156 valence electrons. The van der Waals surface area contributed by atoms with Gasteiger partial charge in [-0.15, -0.1) is 11.3 Å². The van der Waals surface area contributed by atoms with Crippen molar-refractivity contribution < 1.29 is 13.2 Å². The Morgan fingerprint density at radius 3 is 2.73 bits per heavy atom. The fourth-order valence-electron chi connectivity index (χ4n) is 4.02. The average Bonchev–Trinajstić information content (AvgIpc) is 3.12. The zero-order chi connectivity index (χ0) is 20.8. The van der Waals surface area contributed by atoms with E-state index >= 15 is 0 Å². The Balaban J connectivity index is 1.31. The van der Waals surface area contributed by atoms with Crippen LogP contribution in [0.4, 0.5) is 5.13 Å². The summed E-state index contributed by atoms with van der Waals surface area (Å²) in [7, 11) is -3.41. The fourth-order valence-corrected chi connectivity index (χ4v) is 6.62. The predicted octanol–water partition coefficient (Wildman–Crippen LogP) is 3.79. The number of anilines is 1. The lowest BCUT2D eigenvalue weighted by Gasteiger charge is -2.16. The van der Waals surface area contributed by atoms with Gasteiger partial charge in [0, 0.05) is 22.5 Å². The highest BCUT2D eigenvalue weighted by Crippen LogP contribution is 2.46. The van der Waals surface area contributed by atoms with Gasteiger partial charge in [0.15, 0.2) is 5.13 Å². The molecule has 30 heavy (non-hydrogen) atoms. The van der Waals surface area contributed by atoms with Gasteiger partial charge in [-0.1, -0.05) is 18.9 Å². The Labute approximate surface area is 179 Å². The molecule has 3 aromatic rings. The summed E-state index contributed by atoms with van der Waals surface area (Å²) in [5.41, 5.74) is 1.61. The number of fused-ring (bicyclic) bond motifs is 1. The standard InChI is InChI=1S/C21H22N4O3S2/c26-19(15-7-8-17-14(12-15)4-3-11-22-17)24-21(9-10-21)18-13-29-20(23-18)25-30(27,28)16-5-1-2-6-16/h3-4,7-8,11-13,16H,1-2,5-6,9-10H2,(H,23,25)(H,24,26). The lowest BCUT2D eigenvalue weighted by molar-refractivity contribution is 0.0930. The van der Waals surface area contributed by atoms with Crippen LogP contribution < -0.4 is 10.0 Å². The van der Waals surface area contributed by atoms with Crippen molar-refractivity contribution in [2.24, 2.45) is 0 Å². The Morgan fingerprint density at radius 2 is 1.97 bits per heavy atom. The molecule has 0 atom stereocenters. The molecular formula is C21H22N4O3S2. The zero-order valence-corrected chi connectivity index (χ0v) is 17.9. The molecule has 2 aliphatic rings. The van der Waals surface area contributed by atoms with Crippen molar-refractivity contribution in [1.82, 2.24) is 15.3 Å². The number of thiazole rings is 1. The van der Waals surface area contributed by atoms with Crippen molar-refractivity contribution >= 4 is 43.3 Å². The third kappa shape index (κ3) is 3.67. The number of hydrogen-bond donors (Lipinski definition) is 2. The van der Waals surface area contributed by atoms with E-state index in [1.165, 1.54) is 11.3 Å². The van der Waals surface area contributed by atoms with Crippen LogP contribution >= 0.6 is 11.3 Å². The molecule has 0 saturated heterocycles. The lowest BCUT2D eigenvalue weighted by Crippen LogP contribution is -2.35. The molecule has 2 aliphatic carbocycles. The van der Waals surface area contributed by atoms with Crippen molar-refractivity contribution in [2.75, 3.05) is 4.72 Å². The maximum Gasteiger partial charge on any atom is 0.252 e. The van der Waals surface area contributed by atoms with Crippen molar-refractivity contribution in [3.05, 3.63) is 53.2 Å². The van der Waals surface area contributed by atoms with Gasteiger partial charge >= 0.3 is 0 Å². The largest absolute Gasteiger partial charge is 0.341 e. The minimum atomic E-state index is -3.41. The number of nitrogens with one attached hydrogen (secondary N) is 2. The maximum absolute atomic E-state index is 12.9. The minimum absolute atomic E-state index is 0.167.